The second-order valence-electron chi connectivity index (χ2n) is 4.01. The highest BCUT2D eigenvalue weighted by atomic mass is 16.5. The minimum absolute atomic E-state index is 0.897. The lowest BCUT2D eigenvalue weighted by Gasteiger charge is -2.08. The lowest BCUT2D eigenvalue weighted by Crippen LogP contribution is -1.87. The molecule has 0 aliphatic carbocycles. The summed E-state index contributed by atoms with van der Waals surface area (Å²) in [5, 5.41) is 0. The van der Waals surface area contributed by atoms with Crippen LogP contribution >= 0.6 is 0 Å². The molecule has 0 unspecified atom stereocenters. The fourth-order valence-corrected chi connectivity index (χ4v) is 1.89. The molecule has 0 heterocycles. The minimum atomic E-state index is 0.897. The van der Waals surface area contributed by atoms with Gasteiger partial charge in [-0.05, 0) is 41.3 Å². The van der Waals surface area contributed by atoms with E-state index in [-0.39, 0.29) is 0 Å². The molecule has 17 heavy (non-hydrogen) atoms. The Bertz CT molecular complexity index is 524. The molecule has 0 amide bonds. The van der Waals surface area contributed by atoms with E-state index in [4.69, 9.17) is 4.74 Å². The number of benzene rings is 2. The molecule has 2 rings (SSSR count). The van der Waals surface area contributed by atoms with Gasteiger partial charge in [-0.2, -0.15) is 0 Å². The van der Waals surface area contributed by atoms with E-state index >= 15 is 0 Å². The van der Waals surface area contributed by atoms with Crippen molar-refractivity contribution in [1.82, 2.24) is 0 Å². The van der Waals surface area contributed by atoms with Gasteiger partial charge in [0, 0.05) is 0 Å². The predicted octanol–water partition coefficient (Wildman–Crippen LogP) is 4.31. The van der Waals surface area contributed by atoms with Gasteiger partial charge in [0.15, 0.2) is 0 Å². The molecular weight excluding hydrogens is 208 g/mol. The monoisotopic (exact) mass is 224 g/mol. The standard InChI is InChI=1S/C16H16O/c1-4-13-5-7-14(8-6-13)16-10-9-15(17-3)11-12(16)2/h4-11H,1H2,2-3H3. The number of hydrogen-bond acceptors (Lipinski definition) is 1. The first-order valence-electron chi connectivity index (χ1n) is 5.62. The molecule has 0 fully saturated rings. The van der Waals surface area contributed by atoms with Gasteiger partial charge in [0.1, 0.15) is 5.75 Å². The summed E-state index contributed by atoms with van der Waals surface area (Å²) in [5.41, 5.74) is 4.81. The summed E-state index contributed by atoms with van der Waals surface area (Å²) in [6, 6.07) is 14.5. The van der Waals surface area contributed by atoms with Crippen LogP contribution in [0, 0.1) is 6.92 Å². The van der Waals surface area contributed by atoms with Crippen molar-refractivity contribution in [2.24, 2.45) is 0 Å². The van der Waals surface area contributed by atoms with Crippen molar-refractivity contribution in [1.29, 1.82) is 0 Å². The Kier molecular flexibility index (Phi) is 3.29. The molecule has 1 nitrogen and oxygen atoms in total. The van der Waals surface area contributed by atoms with Crippen LogP contribution < -0.4 is 4.74 Å². The Hall–Kier alpha value is -2.02. The Morgan fingerprint density at radius 1 is 1.06 bits per heavy atom. The second kappa shape index (κ2) is 4.88. The van der Waals surface area contributed by atoms with Crippen molar-refractivity contribution < 1.29 is 4.74 Å². The molecule has 0 bridgehead atoms. The first-order valence-corrected chi connectivity index (χ1v) is 5.62. The smallest absolute Gasteiger partial charge is 0.119 e. The molecule has 0 aromatic heterocycles. The van der Waals surface area contributed by atoms with Crippen LogP contribution in [0.25, 0.3) is 17.2 Å². The average molecular weight is 224 g/mol. The summed E-state index contributed by atoms with van der Waals surface area (Å²) in [6.07, 6.45) is 1.85. The van der Waals surface area contributed by atoms with Gasteiger partial charge in [0.05, 0.1) is 7.11 Å². The molecule has 0 N–H and O–H groups in total. The number of hydrogen-bond donors (Lipinski definition) is 0. The van der Waals surface area contributed by atoms with Crippen LogP contribution in [0.1, 0.15) is 11.1 Å². The molecule has 2 aromatic carbocycles. The Balaban J connectivity index is 2.41. The van der Waals surface area contributed by atoms with Gasteiger partial charge in [-0.3, -0.25) is 0 Å². The van der Waals surface area contributed by atoms with E-state index in [2.05, 4.69) is 49.9 Å². The average Bonchev–Trinajstić information content (AvgIpc) is 2.39. The molecule has 0 saturated heterocycles. The zero-order valence-corrected chi connectivity index (χ0v) is 10.2. The van der Waals surface area contributed by atoms with Crippen molar-refractivity contribution in [3.63, 3.8) is 0 Å². The van der Waals surface area contributed by atoms with E-state index in [0.717, 1.165) is 11.3 Å². The maximum absolute atomic E-state index is 5.21. The second-order valence-corrected chi connectivity index (χ2v) is 4.01. The molecule has 0 radical (unpaired) electrons. The lowest BCUT2D eigenvalue weighted by atomic mass is 9.99. The summed E-state index contributed by atoms with van der Waals surface area (Å²) in [6.45, 7) is 5.85. The fourth-order valence-electron chi connectivity index (χ4n) is 1.89. The van der Waals surface area contributed by atoms with Crippen LogP contribution in [0.4, 0.5) is 0 Å². The Labute approximate surface area is 102 Å². The third kappa shape index (κ3) is 2.39. The Morgan fingerprint density at radius 3 is 2.29 bits per heavy atom. The highest BCUT2D eigenvalue weighted by Gasteiger charge is 2.02. The summed E-state index contributed by atoms with van der Waals surface area (Å²) in [4.78, 5) is 0. The maximum Gasteiger partial charge on any atom is 0.119 e. The number of rotatable bonds is 3. The topological polar surface area (TPSA) is 9.23 Å². The molecular formula is C16H16O. The van der Waals surface area contributed by atoms with Gasteiger partial charge in [0.25, 0.3) is 0 Å². The van der Waals surface area contributed by atoms with Gasteiger partial charge < -0.3 is 4.74 Å². The van der Waals surface area contributed by atoms with E-state index in [0.29, 0.717) is 0 Å². The van der Waals surface area contributed by atoms with Crippen LogP contribution in [0.5, 0.6) is 5.75 Å². The van der Waals surface area contributed by atoms with E-state index in [9.17, 15) is 0 Å². The fraction of sp³-hybridized carbons (Fsp3) is 0.125. The minimum Gasteiger partial charge on any atom is -0.497 e. The first kappa shape index (κ1) is 11.5. The van der Waals surface area contributed by atoms with Crippen molar-refractivity contribution >= 4 is 6.08 Å². The van der Waals surface area contributed by atoms with Crippen LogP contribution in [0.3, 0.4) is 0 Å². The van der Waals surface area contributed by atoms with Crippen LogP contribution in [0.15, 0.2) is 49.0 Å². The molecule has 2 aromatic rings. The van der Waals surface area contributed by atoms with Gasteiger partial charge in [0.2, 0.25) is 0 Å². The van der Waals surface area contributed by atoms with E-state index < -0.39 is 0 Å². The van der Waals surface area contributed by atoms with Crippen molar-refractivity contribution in [2.45, 2.75) is 6.92 Å². The first-order chi connectivity index (χ1) is 8.24. The molecule has 86 valence electrons. The largest absolute Gasteiger partial charge is 0.497 e. The van der Waals surface area contributed by atoms with Gasteiger partial charge in [-0.25, -0.2) is 0 Å². The highest BCUT2D eigenvalue weighted by Crippen LogP contribution is 2.27. The van der Waals surface area contributed by atoms with Crippen molar-refractivity contribution in [3.8, 4) is 16.9 Å². The predicted molar refractivity (Wildman–Crippen MR) is 73.3 cm³/mol. The zero-order chi connectivity index (χ0) is 12.3. The number of methoxy groups -OCH3 is 1. The molecule has 0 aliphatic heterocycles. The van der Waals surface area contributed by atoms with Crippen LogP contribution in [0.2, 0.25) is 0 Å². The van der Waals surface area contributed by atoms with Gasteiger partial charge >= 0.3 is 0 Å². The number of aryl methyl sites for hydroxylation is 1. The van der Waals surface area contributed by atoms with E-state index in [1.165, 1.54) is 16.7 Å². The van der Waals surface area contributed by atoms with Crippen molar-refractivity contribution in [3.05, 3.63) is 60.2 Å². The van der Waals surface area contributed by atoms with Crippen LogP contribution in [-0.4, -0.2) is 7.11 Å². The van der Waals surface area contributed by atoms with Gasteiger partial charge in [-0.1, -0.05) is 43.0 Å². The normalized spacial score (nSPS) is 10.0. The summed E-state index contributed by atoms with van der Waals surface area (Å²) < 4.78 is 5.21. The Morgan fingerprint density at radius 2 is 1.76 bits per heavy atom. The molecule has 0 spiro atoms. The molecule has 1 heteroatoms. The van der Waals surface area contributed by atoms with E-state index in [1.54, 1.807) is 7.11 Å². The summed E-state index contributed by atoms with van der Waals surface area (Å²) in [5.74, 6) is 0.897. The maximum atomic E-state index is 5.21. The quantitative estimate of drug-likeness (QED) is 0.754. The van der Waals surface area contributed by atoms with Gasteiger partial charge in [-0.15, -0.1) is 0 Å². The highest BCUT2D eigenvalue weighted by molar-refractivity contribution is 5.69. The molecule has 0 atom stereocenters. The van der Waals surface area contributed by atoms with E-state index in [1.807, 2.05) is 12.1 Å². The third-order valence-electron chi connectivity index (χ3n) is 2.89. The van der Waals surface area contributed by atoms with Crippen LogP contribution in [-0.2, 0) is 0 Å². The lowest BCUT2D eigenvalue weighted by molar-refractivity contribution is 0.414. The zero-order valence-electron chi connectivity index (χ0n) is 10.2. The third-order valence-corrected chi connectivity index (χ3v) is 2.89. The SMILES string of the molecule is C=Cc1ccc(-c2ccc(OC)cc2C)cc1. The number of ether oxygens (including phenoxy) is 1. The molecule has 0 aliphatic rings. The van der Waals surface area contributed by atoms with Crippen molar-refractivity contribution in [2.75, 3.05) is 7.11 Å². The molecule has 0 saturated carbocycles. The summed E-state index contributed by atoms with van der Waals surface area (Å²) >= 11 is 0. The summed E-state index contributed by atoms with van der Waals surface area (Å²) in [7, 11) is 1.69.